The van der Waals surface area contributed by atoms with Gasteiger partial charge in [0.05, 0.1) is 25.1 Å². The quantitative estimate of drug-likeness (QED) is 0.651. The van der Waals surface area contributed by atoms with Gasteiger partial charge in [-0.15, -0.1) is 0 Å². The van der Waals surface area contributed by atoms with E-state index in [0.29, 0.717) is 17.9 Å². The van der Waals surface area contributed by atoms with Crippen LogP contribution in [-0.4, -0.2) is 33.7 Å². The van der Waals surface area contributed by atoms with Crippen LogP contribution < -0.4 is 14.4 Å². The maximum absolute atomic E-state index is 13.2. The molecule has 0 heterocycles. The summed E-state index contributed by atoms with van der Waals surface area (Å²) in [7, 11) is -2.19. The van der Waals surface area contributed by atoms with E-state index in [9.17, 15) is 13.2 Å². The number of anilines is 1. The van der Waals surface area contributed by atoms with Crippen molar-refractivity contribution in [2.45, 2.75) is 58.5 Å². The topological polar surface area (TPSA) is 75.7 Å². The van der Waals surface area contributed by atoms with Crippen LogP contribution in [0.4, 0.5) is 5.69 Å². The summed E-state index contributed by atoms with van der Waals surface area (Å²) >= 11 is 0. The lowest BCUT2D eigenvalue weighted by molar-refractivity contribution is -0.122. The van der Waals surface area contributed by atoms with Gasteiger partial charge >= 0.3 is 0 Å². The molecule has 6 nitrogen and oxygen atoms in total. The molecule has 2 aromatic rings. The highest BCUT2D eigenvalue weighted by Crippen LogP contribution is 2.27. The van der Waals surface area contributed by atoms with Crippen LogP contribution in [-0.2, 0) is 20.2 Å². The van der Waals surface area contributed by atoms with E-state index < -0.39 is 16.1 Å². The minimum absolute atomic E-state index is 0.0467. The van der Waals surface area contributed by atoms with Gasteiger partial charge in [0, 0.05) is 6.07 Å². The van der Waals surface area contributed by atoms with Crippen LogP contribution in [0.5, 0.6) is 5.75 Å². The average Bonchev–Trinajstić information content (AvgIpc) is 2.70. The largest absolute Gasteiger partial charge is 0.497 e. The first-order valence-electron chi connectivity index (χ1n) is 10.4. The Labute approximate surface area is 186 Å². The Bertz CT molecular complexity index is 995. The minimum Gasteiger partial charge on any atom is -0.497 e. The summed E-state index contributed by atoms with van der Waals surface area (Å²) in [5, 5.41) is 2.98. The second-order valence-corrected chi connectivity index (χ2v) is 10.6. The highest BCUT2D eigenvalue weighted by atomic mass is 32.2. The van der Waals surface area contributed by atoms with E-state index in [2.05, 4.69) is 38.2 Å². The molecule has 7 heteroatoms. The first-order valence-corrected chi connectivity index (χ1v) is 12.3. The summed E-state index contributed by atoms with van der Waals surface area (Å²) < 4.78 is 31.6. The number of nitrogens with one attached hydrogen (secondary N) is 1. The lowest BCUT2D eigenvalue weighted by Crippen LogP contribution is -2.49. The van der Waals surface area contributed by atoms with E-state index in [0.717, 1.165) is 11.8 Å². The Morgan fingerprint density at radius 3 is 2.23 bits per heavy atom. The molecule has 0 bridgehead atoms. The standard InChI is InChI=1S/C24H34N2O4S/c1-8-22(26(31(7,28)29)20-10-9-11-21(16-20)30-6)23(27)25-17(2)18-12-14-19(15-13-18)24(3,4)5/h9-17,22H,8H2,1-7H3,(H,25,27). The van der Waals surface area contributed by atoms with Crippen molar-refractivity contribution in [3.05, 3.63) is 59.7 Å². The van der Waals surface area contributed by atoms with Crippen LogP contribution in [0.25, 0.3) is 0 Å². The van der Waals surface area contributed by atoms with Gasteiger partial charge in [-0.05, 0) is 42.0 Å². The number of carbonyl (C=O) groups is 1. The Balaban J connectivity index is 2.29. The third-order valence-electron chi connectivity index (χ3n) is 5.27. The molecule has 0 saturated carbocycles. The SMILES string of the molecule is CCC(C(=O)NC(C)c1ccc(C(C)(C)C)cc1)N(c1cccc(OC)c1)S(C)(=O)=O. The molecule has 0 radical (unpaired) electrons. The van der Waals surface area contributed by atoms with E-state index in [1.54, 1.807) is 31.2 Å². The lowest BCUT2D eigenvalue weighted by Gasteiger charge is -2.31. The van der Waals surface area contributed by atoms with Gasteiger partial charge in [0.25, 0.3) is 0 Å². The number of benzene rings is 2. The number of sulfonamides is 1. The summed E-state index contributed by atoms with van der Waals surface area (Å²) in [6.45, 7) is 10.1. The van der Waals surface area contributed by atoms with Crippen LogP contribution >= 0.6 is 0 Å². The van der Waals surface area contributed by atoms with Crippen molar-refractivity contribution in [1.29, 1.82) is 0 Å². The zero-order valence-electron chi connectivity index (χ0n) is 19.5. The summed E-state index contributed by atoms with van der Waals surface area (Å²) in [6.07, 6.45) is 1.43. The van der Waals surface area contributed by atoms with Gasteiger partial charge in [0.1, 0.15) is 11.8 Å². The molecule has 0 aliphatic heterocycles. The van der Waals surface area contributed by atoms with Crippen LogP contribution in [0, 0.1) is 0 Å². The fraction of sp³-hybridized carbons (Fsp3) is 0.458. The van der Waals surface area contributed by atoms with E-state index in [1.807, 2.05) is 19.1 Å². The van der Waals surface area contributed by atoms with Crippen molar-refractivity contribution in [2.75, 3.05) is 17.7 Å². The molecule has 0 fully saturated rings. The first-order chi connectivity index (χ1) is 14.4. The van der Waals surface area contributed by atoms with Gasteiger partial charge in [-0.1, -0.05) is 58.0 Å². The van der Waals surface area contributed by atoms with Crippen molar-refractivity contribution in [3.63, 3.8) is 0 Å². The molecule has 170 valence electrons. The predicted molar refractivity (Wildman–Crippen MR) is 126 cm³/mol. The minimum atomic E-state index is -3.70. The average molecular weight is 447 g/mol. The Morgan fingerprint density at radius 2 is 1.74 bits per heavy atom. The molecule has 0 aromatic heterocycles. The third-order valence-corrected chi connectivity index (χ3v) is 6.45. The summed E-state index contributed by atoms with van der Waals surface area (Å²) in [5.74, 6) is 0.178. The second-order valence-electron chi connectivity index (χ2n) is 8.79. The molecule has 1 amide bonds. The number of nitrogens with zero attached hydrogens (tertiary/aromatic N) is 1. The van der Waals surface area contributed by atoms with E-state index in [4.69, 9.17) is 4.74 Å². The number of ether oxygens (including phenoxy) is 1. The van der Waals surface area contributed by atoms with Crippen LogP contribution in [0.2, 0.25) is 0 Å². The molecule has 0 aliphatic rings. The molecule has 2 rings (SSSR count). The van der Waals surface area contributed by atoms with E-state index in [1.165, 1.54) is 17.0 Å². The molecule has 0 saturated heterocycles. The van der Waals surface area contributed by atoms with Gasteiger partial charge in [0.15, 0.2) is 0 Å². The molecule has 1 N–H and O–H groups in total. The smallest absolute Gasteiger partial charge is 0.244 e. The molecular weight excluding hydrogens is 412 g/mol. The van der Waals surface area contributed by atoms with Gasteiger partial charge in [-0.3, -0.25) is 9.10 Å². The molecule has 2 aromatic carbocycles. The van der Waals surface area contributed by atoms with Crippen LogP contribution in [0.1, 0.15) is 58.2 Å². The zero-order valence-corrected chi connectivity index (χ0v) is 20.3. The number of hydrogen-bond acceptors (Lipinski definition) is 4. The lowest BCUT2D eigenvalue weighted by atomic mass is 9.86. The summed E-state index contributed by atoms with van der Waals surface area (Å²) in [4.78, 5) is 13.2. The number of hydrogen-bond donors (Lipinski definition) is 1. The maximum Gasteiger partial charge on any atom is 0.244 e. The van der Waals surface area contributed by atoms with Crippen LogP contribution in [0.15, 0.2) is 48.5 Å². The number of amides is 1. The molecule has 2 atom stereocenters. The van der Waals surface area contributed by atoms with Crippen molar-refractivity contribution in [3.8, 4) is 5.75 Å². The molecule has 0 spiro atoms. The van der Waals surface area contributed by atoms with Gasteiger partial charge in [-0.25, -0.2) is 8.42 Å². The second kappa shape index (κ2) is 9.73. The molecular formula is C24H34N2O4S. The first kappa shape index (κ1) is 24.7. The summed E-state index contributed by atoms with van der Waals surface area (Å²) in [6, 6.07) is 13.7. The van der Waals surface area contributed by atoms with Crippen molar-refractivity contribution in [2.24, 2.45) is 0 Å². The van der Waals surface area contributed by atoms with Gasteiger partial charge in [0.2, 0.25) is 15.9 Å². The summed E-state index contributed by atoms with van der Waals surface area (Å²) in [5.41, 5.74) is 2.61. The molecule has 2 unspecified atom stereocenters. The van der Waals surface area contributed by atoms with E-state index in [-0.39, 0.29) is 17.4 Å². The third kappa shape index (κ3) is 6.23. The maximum atomic E-state index is 13.2. The normalized spacial score (nSPS) is 13.9. The van der Waals surface area contributed by atoms with Crippen molar-refractivity contribution < 1.29 is 17.9 Å². The fourth-order valence-corrected chi connectivity index (χ4v) is 4.68. The Kier molecular flexibility index (Phi) is 7.76. The Hall–Kier alpha value is -2.54. The monoisotopic (exact) mass is 446 g/mol. The molecule has 31 heavy (non-hydrogen) atoms. The van der Waals surface area contributed by atoms with Crippen molar-refractivity contribution in [1.82, 2.24) is 5.32 Å². The Morgan fingerprint density at radius 1 is 1.13 bits per heavy atom. The zero-order chi connectivity index (χ0) is 23.4. The molecule has 0 aliphatic carbocycles. The van der Waals surface area contributed by atoms with E-state index >= 15 is 0 Å². The fourth-order valence-electron chi connectivity index (χ4n) is 3.47. The highest BCUT2D eigenvalue weighted by molar-refractivity contribution is 7.92. The van der Waals surface area contributed by atoms with Crippen molar-refractivity contribution >= 4 is 21.6 Å². The predicted octanol–water partition coefficient (Wildman–Crippen LogP) is 4.41. The number of rotatable bonds is 8. The van der Waals surface area contributed by atoms with Gasteiger partial charge in [-0.2, -0.15) is 0 Å². The number of methoxy groups -OCH3 is 1. The highest BCUT2D eigenvalue weighted by Gasteiger charge is 2.32. The van der Waals surface area contributed by atoms with Crippen LogP contribution in [0.3, 0.4) is 0 Å². The number of carbonyl (C=O) groups excluding carboxylic acids is 1. The van der Waals surface area contributed by atoms with Gasteiger partial charge < -0.3 is 10.1 Å².